The quantitative estimate of drug-likeness (QED) is 0.576. The summed E-state index contributed by atoms with van der Waals surface area (Å²) in [6.07, 6.45) is 2.87. The van der Waals surface area contributed by atoms with Crippen LogP contribution in [0.5, 0.6) is 0 Å². The first kappa shape index (κ1) is 22.0. The van der Waals surface area contributed by atoms with Crippen LogP contribution in [-0.4, -0.2) is 46.4 Å². The molecular formula is C22H19ClFN5O2S. The van der Waals surface area contributed by atoms with Crippen LogP contribution in [0.15, 0.2) is 54.9 Å². The zero-order valence-corrected chi connectivity index (χ0v) is 18.4. The van der Waals surface area contributed by atoms with E-state index < -0.39 is 17.6 Å². The van der Waals surface area contributed by atoms with Gasteiger partial charge in [-0.15, -0.1) is 0 Å². The average molecular weight is 472 g/mol. The number of carbonyl (C=O) groups is 2. The number of benzene rings is 1. The molecule has 7 nitrogen and oxygen atoms in total. The largest absolute Gasteiger partial charge is 0.355 e. The van der Waals surface area contributed by atoms with Gasteiger partial charge in [0.1, 0.15) is 17.5 Å². The van der Waals surface area contributed by atoms with Crippen LogP contribution in [0.1, 0.15) is 20.7 Å². The molecule has 0 spiro atoms. The van der Waals surface area contributed by atoms with Gasteiger partial charge in [-0.2, -0.15) is 11.8 Å². The minimum Gasteiger partial charge on any atom is -0.355 e. The summed E-state index contributed by atoms with van der Waals surface area (Å²) in [7, 11) is 0. The van der Waals surface area contributed by atoms with Crippen LogP contribution in [0.4, 0.5) is 21.7 Å². The number of amides is 2. The van der Waals surface area contributed by atoms with Crippen LogP contribution < -0.4 is 15.5 Å². The van der Waals surface area contributed by atoms with Gasteiger partial charge in [-0.25, -0.2) is 14.4 Å². The lowest BCUT2D eigenvalue weighted by Gasteiger charge is -2.27. The number of nitrogens with zero attached hydrogens (tertiary/aromatic N) is 3. The Labute approximate surface area is 193 Å². The van der Waals surface area contributed by atoms with E-state index in [2.05, 4.69) is 25.5 Å². The lowest BCUT2D eigenvalue weighted by Crippen LogP contribution is -2.33. The van der Waals surface area contributed by atoms with E-state index in [0.717, 1.165) is 36.5 Å². The fourth-order valence-corrected chi connectivity index (χ4v) is 4.16. The van der Waals surface area contributed by atoms with Gasteiger partial charge in [-0.05, 0) is 42.5 Å². The molecule has 1 aromatic carbocycles. The lowest BCUT2D eigenvalue weighted by atomic mass is 10.1. The molecule has 2 aromatic heterocycles. The van der Waals surface area contributed by atoms with Gasteiger partial charge in [0.05, 0.1) is 21.8 Å². The molecule has 0 unspecified atom stereocenters. The molecule has 1 fully saturated rings. The van der Waals surface area contributed by atoms with Crippen molar-refractivity contribution in [2.24, 2.45) is 0 Å². The number of anilines is 3. The number of rotatable bonds is 5. The smallest absolute Gasteiger partial charge is 0.259 e. The molecule has 1 saturated heterocycles. The molecule has 3 aromatic rings. The molecule has 0 saturated carbocycles. The number of aromatic nitrogens is 2. The van der Waals surface area contributed by atoms with Gasteiger partial charge in [0.15, 0.2) is 0 Å². The standard InChI is InChI=1S/C22H19ClFN5O2S/c23-15-2-5-19(25-13-15)28-22(31)17-11-16(24)3-4-18(17)27-21(30)14-1-6-20(26-12-14)29-7-9-32-10-8-29/h1-6,11-13H,7-10H2,(H,27,30)(H,25,28,31). The van der Waals surface area contributed by atoms with E-state index in [0.29, 0.717) is 10.6 Å². The summed E-state index contributed by atoms with van der Waals surface area (Å²) in [5.41, 5.74) is 0.459. The Morgan fingerprint density at radius 1 is 0.969 bits per heavy atom. The molecule has 2 N–H and O–H groups in total. The number of nitrogens with one attached hydrogen (secondary N) is 2. The SMILES string of the molecule is O=C(Nc1ccc(F)cc1C(=O)Nc1ccc(Cl)cn1)c1ccc(N2CCSCC2)nc1. The second-order valence-electron chi connectivity index (χ2n) is 6.96. The van der Waals surface area contributed by atoms with Gasteiger partial charge >= 0.3 is 0 Å². The summed E-state index contributed by atoms with van der Waals surface area (Å²) < 4.78 is 13.8. The summed E-state index contributed by atoms with van der Waals surface area (Å²) >= 11 is 7.71. The van der Waals surface area contributed by atoms with E-state index in [1.54, 1.807) is 18.2 Å². The number of thioether (sulfide) groups is 1. The predicted octanol–water partition coefficient (Wildman–Crippen LogP) is 4.33. The van der Waals surface area contributed by atoms with E-state index in [1.165, 1.54) is 30.6 Å². The number of pyridine rings is 2. The maximum Gasteiger partial charge on any atom is 0.259 e. The fraction of sp³-hybridized carbons (Fsp3) is 0.182. The van der Waals surface area contributed by atoms with Crippen molar-refractivity contribution in [3.63, 3.8) is 0 Å². The van der Waals surface area contributed by atoms with Crippen molar-refractivity contribution in [2.45, 2.75) is 0 Å². The van der Waals surface area contributed by atoms with E-state index in [1.807, 2.05) is 11.8 Å². The van der Waals surface area contributed by atoms with E-state index in [-0.39, 0.29) is 17.1 Å². The van der Waals surface area contributed by atoms with Gasteiger partial charge in [0.2, 0.25) is 0 Å². The summed E-state index contributed by atoms with van der Waals surface area (Å²) in [5.74, 6) is 1.48. The third kappa shape index (κ3) is 5.35. The van der Waals surface area contributed by atoms with Crippen LogP contribution >= 0.6 is 23.4 Å². The van der Waals surface area contributed by atoms with Gasteiger partial charge in [0.25, 0.3) is 11.8 Å². The van der Waals surface area contributed by atoms with E-state index in [4.69, 9.17) is 11.6 Å². The van der Waals surface area contributed by atoms with Crippen molar-refractivity contribution in [1.82, 2.24) is 9.97 Å². The average Bonchev–Trinajstić information content (AvgIpc) is 2.82. The van der Waals surface area contributed by atoms with Crippen molar-refractivity contribution in [2.75, 3.05) is 40.1 Å². The lowest BCUT2D eigenvalue weighted by molar-refractivity contribution is 0.102. The Balaban J connectivity index is 1.49. The Kier molecular flexibility index (Phi) is 6.87. The highest BCUT2D eigenvalue weighted by Gasteiger charge is 2.18. The van der Waals surface area contributed by atoms with Crippen LogP contribution in [0, 0.1) is 5.82 Å². The molecule has 32 heavy (non-hydrogen) atoms. The van der Waals surface area contributed by atoms with Crippen LogP contribution in [0.2, 0.25) is 5.02 Å². The third-order valence-electron chi connectivity index (χ3n) is 4.79. The molecule has 1 aliphatic rings. The number of halogens is 2. The van der Waals surface area contributed by atoms with Crippen molar-refractivity contribution < 1.29 is 14.0 Å². The van der Waals surface area contributed by atoms with Crippen molar-refractivity contribution in [3.05, 3.63) is 76.8 Å². The Hall–Kier alpha value is -3.17. The zero-order chi connectivity index (χ0) is 22.5. The summed E-state index contributed by atoms with van der Waals surface area (Å²) in [6.45, 7) is 1.83. The topological polar surface area (TPSA) is 87.2 Å². The normalized spacial score (nSPS) is 13.5. The first-order valence-corrected chi connectivity index (χ1v) is 11.4. The van der Waals surface area contributed by atoms with Gasteiger partial charge < -0.3 is 15.5 Å². The first-order valence-electron chi connectivity index (χ1n) is 9.82. The van der Waals surface area contributed by atoms with E-state index >= 15 is 0 Å². The molecule has 0 aliphatic carbocycles. The highest BCUT2D eigenvalue weighted by atomic mass is 35.5. The molecule has 0 bridgehead atoms. The number of hydrogen-bond acceptors (Lipinski definition) is 6. The van der Waals surface area contributed by atoms with Crippen molar-refractivity contribution in [1.29, 1.82) is 0 Å². The van der Waals surface area contributed by atoms with Crippen molar-refractivity contribution >= 4 is 52.5 Å². The van der Waals surface area contributed by atoms with E-state index in [9.17, 15) is 14.0 Å². The predicted molar refractivity (Wildman–Crippen MR) is 125 cm³/mol. The molecule has 10 heteroatoms. The molecule has 4 rings (SSSR count). The maximum absolute atomic E-state index is 13.8. The Morgan fingerprint density at radius 2 is 1.78 bits per heavy atom. The minimum atomic E-state index is -0.619. The third-order valence-corrected chi connectivity index (χ3v) is 5.95. The molecule has 2 amide bonds. The van der Waals surface area contributed by atoms with Crippen LogP contribution in [0.3, 0.4) is 0 Å². The molecule has 164 valence electrons. The van der Waals surface area contributed by atoms with Crippen molar-refractivity contribution in [3.8, 4) is 0 Å². The molecule has 3 heterocycles. The van der Waals surface area contributed by atoms with Gasteiger partial charge in [0, 0.05) is 37.0 Å². The number of hydrogen-bond donors (Lipinski definition) is 2. The minimum absolute atomic E-state index is 0.0366. The Morgan fingerprint density at radius 3 is 2.47 bits per heavy atom. The molecular weight excluding hydrogens is 453 g/mol. The molecule has 1 aliphatic heterocycles. The maximum atomic E-state index is 13.8. The number of carbonyl (C=O) groups excluding carboxylic acids is 2. The zero-order valence-electron chi connectivity index (χ0n) is 16.8. The van der Waals surface area contributed by atoms with Gasteiger partial charge in [-0.1, -0.05) is 11.6 Å². The van der Waals surface area contributed by atoms with Crippen LogP contribution in [-0.2, 0) is 0 Å². The second-order valence-corrected chi connectivity index (χ2v) is 8.63. The highest BCUT2D eigenvalue weighted by Crippen LogP contribution is 2.21. The summed E-state index contributed by atoms with van der Waals surface area (Å²) in [5, 5.41) is 5.64. The molecule has 0 radical (unpaired) electrons. The second kappa shape index (κ2) is 9.97. The molecule has 0 atom stereocenters. The first-order chi connectivity index (χ1) is 15.5. The summed E-state index contributed by atoms with van der Waals surface area (Å²) in [4.78, 5) is 36.0. The summed E-state index contributed by atoms with van der Waals surface area (Å²) in [6, 6.07) is 10.1. The Bertz CT molecular complexity index is 1120. The van der Waals surface area contributed by atoms with Crippen LogP contribution in [0.25, 0.3) is 0 Å². The highest BCUT2D eigenvalue weighted by molar-refractivity contribution is 7.99. The monoisotopic (exact) mass is 471 g/mol. The fourth-order valence-electron chi connectivity index (χ4n) is 3.14. The van der Waals surface area contributed by atoms with Gasteiger partial charge in [-0.3, -0.25) is 9.59 Å².